The van der Waals surface area contributed by atoms with Crippen molar-refractivity contribution in [1.82, 2.24) is 20.6 Å². The van der Waals surface area contributed by atoms with Crippen LogP contribution in [0.3, 0.4) is 0 Å². The van der Waals surface area contributed by atoms with Crippen LogP contribution in [0.4, 0.5) is 0 Å². The largest absolute Gasteiger partial charge is 0.484 e. The zero-order valence-corrected chi connectivity index (χ0v) is 16.1. The van der Waals surface area contributed by atoms with Crippen LogP contribution in [0.1, 0.15) is 10.5 Å². The molecule has 4 rings (SSSR count). The third kappa shape index (κ3) is 3.83. The summed E-state index contributed by atoms with van der Waals surface area (Å²) in [6.45, 7) is -0.278. The predicted molar refractivity (Wildman–Crippen MR) is 112 cm³/mol. The number of rotatable bonds is 4. The van der Waals surface area contributed by atoms with E-state index in [1.54, 1.807) is 30.3 Å². The van der Waals surface area contributed by atoms with Crippen LogP contribution in [-0.4, -0.2) is 28.2 Å². The Hall–Kier alpha value is -4.20. The summed E-state index contributed by atoms with van der Waals surface area (Å²) in [4.78, 5) is 36.7. The SMILES string of the molecule is Cn1nc(C(=O)NNC(=O)COc2ccc3ccccc3c2)c2ccccc2c1=O. The Bertz CT molecular complexity index is 1330. The van der Waals surface area contributed by atoms with Crippen molar-refractivity contribution in [2.45, 2.75) is 0 Å². The van der Waals surface area contributed by atoms with Gasteiger partial charge in [0.25, 0.3) is 17.4 Å². The molecule has 0 spiro atoms. The van der Waals surface area contributed by atoms with Gasteiger partial charge in [-0.25, -0.2) is 4.68 Å². The van der Waals surface area contributed by atoms with E-state index in [1.807, 2.05) is 36.4 Å². The number of carbonyl (C=O) groups is 2. The molecule has 0 radical (unpaired) electrons. The smallest absolute Gasteiger partial charge is 0.290 e. The molecule has 8 nitrogen and oxygen atoms in total. The first-order valence-corrected chi connectivity index (χ1v) is 9.20. The zero-order valence-electron chi connectivity index (χ0n) is 16.1. The number of carbonyl (C=O) groups excluding carboxylic acids is 2. The Morgan fingerprint density at radius 3 is 2.43 bits per heavy atom. The van der Waals surface area contributed by atoms with Gasteiger partial charge in [-0.15, -0.1) is 0 Å². The highest BCUT2D eigenvalue weighted by molar-refractivity contribution is 6.05. The Morgan fingerprint density at radius 1 is 0.933 bits per heavy atom. The normalized spacial score (nSPS) is 10.7. The quantitative estimate of drug-likeness (QED) is 0.508. The lowest BCUT2D eigenvalue weighted by molar-refractivity contribution is -0.123. The molecule has 0 aliphatic rings. The van der Waals surface area contributed by atoms with Gasteiger partial charge in [-0.1, -0.05) is 48.5 Å². The van der Waals surface area contributed by atoms with Crippen LogP contribution in [0.5, 0.6) is 5.75 Å². The molecule has 0 saturated heterocycles. The Kier molecular flexibility index (Phi) is 5.13. The third-order valence-electron chi connectivity index (χ3n) is 4.58. The van der Waals surface area contributed by atoms with Crippen LogP contribution in [0, 0.1) is 0 Å². The summed E-state index contributed by atoms with van der Waals surface area (Å²) in [5.41, 5.74) is 4.32. The van der Waals surface area contributed by atoms with E-state index in [4.69, 9.17) is 4.74 Å². The first kappa shape index (κ1) is 19.1. The molecular weight excluding hydrogens is 384 g/mol. The number of hydrogen-bond donors (Lipinski definition) is 2. The molecule has 0 unspecified atom stereocenters. The maximum absolute atomic E-state index is 12.5. The second kappa shape index (κ2) is 8.04. The molecule has 0 fully saturated rings. The Morgan fingerprint density at radius 2 is 1.63 bits per heavy atom. The number of hydrazine groups is 1. The minimum absolute atomic E-state index is 0.0310. The van der Waals surface area contributed by atoms with E-state index in [9.17, 15) is 14.4 Å². The van der Waals surface area contributed by atoms with Crippen LogP contribution in [0.15, 0.2) is 71.5 Å². The molecule has 8 heteroatoms. The first-order valence-electron chi connectivity index (χ1n) is 9.20. The van der Waals surface area contributed by atoms with Gasteiger partial charge in [0, 0.05) is 12.4 Å². The fourth-order valence-corrected chi connectivity index (χ4v) is 3.10. The van der Waals surface area contributed by atoms with Gasteiger partial charge in [0.2, 0.25) is 0 Å². The van der Waals surface area contributed by atoms with E-state index in [2.05, 4.69) is 16.0 Å². The van der Waals surface area contributed by atoms with E-state index in [1.165, 1.54) is 7.05 Å². The number of ether oxygens (including phenoxy) is 1. The number of benzene rings is 3. The maximum atomic E-state index is 12.5. The van der Waals surface area contributed by atoms with Crippen LogP contribution in [-0.2, 0) is 11.8 Å². The van der Waals surface area contributed by atoms with Gasteiger partial charge in [-0.2, -0.15) is 5.10 Å². The standard InChI is InChI=1S/C22H18N4O4/c1-26-22(29)18-9-5-4-8-17(18)20(25-26)21(28)24-23-19(27)13-30-16-11-10-14-6-2-3-7-15(14)12-16/h2-12H,13H2,1H3,(H,23,27)(H,24,28). The van der Waals surface area contributed by atoms with Crippen molar-refractivity contribution in [3.8, 4) is 5.75 Å². The van der Waals surface area contributed by atoms with Gasteiger partial charge < -0.3 is 4.74 Å². The Balaban J connectivity index is 1.40. The minimum Gasteiger partial charge on any atom is -0.484 e. The molecule has 4 aromatic rings. The second-order valence-electron chi connectivity index (χ2n) is 6.62. The van der Waals surface area contributed by atoms with Gasteiger partial charge >= 0.3 is 0 Å². The number of amides is 2. The van der Waals surface area contributed by atoms with Crippen molar-refractivity contribution >= 4 is 33.4 Å². The molecule has 2 amide bonds. The van der Waals surface area contributed by atoms with Gasteiger partial charge in [0.05, 0.1) is 5.39 Å². The molecule has 30 heavy (non-hydrogen) atoms. The summed E-state index contributed by atoms with van der Waals surface area (Å²) in [5.74, 6) is -0.632. The Labute approximate surface area is 171 Å². The summed E-state index contributed by atoms with van der Waals surface area (Å²) in [6.07, 6.45) is 0. The van der Waals surface area contributed by atoms with Crippen LogP contribution >= 0.6 is 0 Å². The third-order valence-corrected chi connectivity index (χ3v) is 4.58. The topological polar surface area (TPSA) is 102 Å². The lowest BCUT2D eigenvalue weighted by atomic mass is 10.1. The van der Waals surface area contributed by atoms with Crippen molar-refractivity contribution in [3.63, 3.8) is 0 Å². The highest BCUT2D eigenvalue weighted by Crippen LogP contribution is 2.20. The summed E-state index contributed by atoms with van der Waals surface area (Å²) in [7, 11) is 1.46. The highest BCUT2D eigenvalue weighted by atomic mass is 16.5. The van der Waals surface area contributed by atoms with Crippen LogP contribution < -0.4 is 21.1 Å². The first-order chi connectivity index (χ1) is 14.5. The average molecular weight is 402 g/mol. The van der Waals surface area contributed by atoms with Crippen molar-refractivity contribution in [2.75, 3.05) is 6.61 Å². The number of aromatic nitrogens is 2. The molecular formula is C22H18N4O4. The summed E-state index contributed by atoms with van der Waals surface area (Å²) in [6, 6.07) is 20.0. The minimum atomic E-state index is -0.638. The lowest BCUT2D eigenvalue weighted by Gasteiger charge is -2.11. The van der Waals surface area contributed by atoms with Gasteiger partial charge in [0.1, 0.15) is 5.75 Å². The number of aryl methyl sites for hydroxylation is 1. The average Bonchev–Trinajstić information content (AvgIpc) is 2.78. The highest BCUT2D eigenvalue weighted by Gasteiger charge is 2.16. The van der Waals surface area contributed by atoms with Crippen molar-refractivity contribution < 1.29 is 14.3 Å². The maximum Gasteiger partial charge on any atom is 0.290 e. The molecule has 0 aliphatic carbocycles. The van der Waals surface area contributed by atoms with Gasteiger partial charge in [0.15, 0.2) is 12.3 Å². The number of nitrogens with zero attached hydrogens (tertiary/aromatic N) is 2. The molecule has 1 heterocycles. The predicted octanol–water partition coefficient (Wildman–Crippen LogP) is 1.93. The van der Waals surface area contributed by atoms with Crippen LogP contribution in [0.2, 0.25) is 0 Å². The number of fused-ring (bicyclic) bond motifs is 2. The van der Waals surface area contributed by atoms with E-state index in [0.717, 1.165) is 15.5 Å². The summed E-state index contributed by atoms with van der Waals surface area (Å²) < 4.78 is 6.58. The fourth-order valence-electron chi connectivity index (χ4n) is 3.10. The molecule has 0 saturated carbocycles. The van der Waals surface area contributed by atoms with E-state index < -0.39 is 11.8 Å². The second-order valence-corrected chi connectivity index (χ2v) is 6.62. The molecule has 1 aromatic heterocycles. The van der Waals surface area contributed by atoms with E-state index in [-0.39, 0.29) is 17.9 Å². The van der Waals surface area contributed by atoms with Gasteiger partial charge in [-0.3, -0.25) is 25.2 Å². The van der Waals surface area contributed by atoms with Crippen molar-refractivity contribution in [2.24, 2.45) is 7.05 Å². The molecule has 0 bridgehead atoms. The molecule has 0 aliphatic heterocycles. The number of hydrogen-bond acceptors (Lipinski definition) is 5. The fraction of sp³-hybridized carbons (Fsp3) is 0.0909. The summed E-state index contributed by atoms with van der Waals surface area (Å²) in [5, 5.41) is 6.84. The van der Waals surface area contributed by atoms with Crippen molar-refractivity contribution in [3.05, 3.63) is 82.8 Å². The van der Waals surface area contributed by atoms with E-state index in [0.29, 0.717) is 16.5 Å². The number of nitrogens with one attached hydrogen (secondary N) is 2. The monoisotopic (exact) mass is 402 g/mol. The summed E-state index contributed by atoms with van der Waals surface area (Å²) >= 11 is 0. The van der Waals surface area contributed by atoms with Crippen LogP contribution in [0.25, 0.3) is 21.5 Å². The van der Waals surface area contributed by atoms with Crippen molar-refractivity contribution in [1.29, 1.82) is 0 Å². The molecule has 0 atom stereocenters. The lowest BCUT2D eigenvalue weighted by Crippen LogP contribution is -2.44. The molecule has 2 N–H and O–H groups in total. The molecule has 150 valence electrons. The zero-order chi connectivity index (χ0) is 21.1. The molecule has 3 aromatic carbocycles. The van der Waals surface area contributed by atoms with Gasteiger partial charge in [-0.05, 0) is 29.0 Å². The van der Waals surface area contributed by atoms with E-state index >= 15 is 0 Å².